The van der Waals surface area contributed by atoms with Crippen LogP contribution >= 0.6 is 15.9 Å². The van der Waals surface area contributed by atoms with Gasteiger partial charge in [0.1, 0.15) is 29.1 Å². The van der Waals surface area contributed by atoms with Crippen LogP contribution in [-0.2, 0) is 0 Å². The van der Waals surface area contributed by atoms with E-state index >= 15 is 0 Å². The molecule has 0 bridgehead atoms. The van der Waals surface area contributed by atoms with E-state index in [1.54, 1.807) is 55.6 Å². The summed E-state index contributed by atoms with van der Waals surface area (Å²) in [5, 5.41) is 0.310. The number of esters is 1. The van der Waals surface area contributed by atoms with Crippen molar-refractivity contribution in [1.29, 1.82) is 0 Å². The fourth-order valence-corrected chi connectivity index (χ4v) is 3.01. The van der Waals surface area contributed by atoms with Crippen molar-refractivity contribution in [3.05, 3.63) is 93.3 Å². The smallest absolute Gasteiger partial charge is 0.343 e. The van der Waals surface area contributed by atoms with E-state index in [9.17, 15) is 9.59 Å². The maximum atomic E-state index is 12.7. The highest BCUT2D eigenvalue weighted by molar-refractivity contribution is 9.10. The summed E-state index contributed by atoms with van der Waals surface area (Å²) in [5.74, 6) is 0.957. The zero-order valence-corrected chi connectivity index (χ0v) is 17.3. The van der Waals surface area contributed by atoms with Crippen LogP contribution in [0.1, 0.15) is 10.4 Å². The summed E-state index contributed by atoms with van der Waals surface area (Å²) in [6.07, 6.45) is 1.23. The number of benzene rings is 3. The van der Waals surface area contributed by atoms with Gasteiger partial charge in [0.25, 0.3) is 0 Å². The number of hydrogen-bond acceptors (Lipinski definition) is 6. The summed E-state index contributed by atoms with van der Waals surface area (Å²) in [4.78, 5) is 25.0. The molecule has 0 amide bonds. The quantitative estimate of drug-likeness (QED) is 0.282. The van der Waals surface area contributed by atoms with Crippen LogP contribution < -0.4 is 19.6 Å². The average Bonchev–Trinajstić information content (AvgIpc) is 2.76. The maximum absolute atomic E-state index is 12.7. The number of ether oxygens (including phenoxy) is 3. The summed E-state index contributed by atoms with van der Waals surface area (Å²) < 4.78 is 22.5. The molecule has 1 aromatic heterocycles. The van der Waals surface area contributed by atoms with Crippen molar-refractivity contribution in [3.8, 4) is 23.0 Å². The van der Waals surface area contributed by atoms with Gasteiger partial charge in [-0.25, -0.2) is 4.79 Å². The van der Waals surface area contributed by atoms with E-state index in [1.807, 2.05) is 0 Å². The minimum absolute atomic E-state index is 0.0484. The van der Waals surface area contributed by atoms with Gasteiger partial charge in [0.2, 0.25) is 11.2 Å². The van der Waals surface area contributed by atoms with Crippen molar-refractivity contribution in [2.45, 2.75) is 0 Å². The molecule has 0 atom stereocenters. The van der Waals surface area contributed by atoms with Crippen LogP contribution in [0, 0.1) is 0 Å². The number of rotatable bonds is 5. The van der Waals surface area contributed by atoms with Crippen LogP contribution in [-0.4, -0.2) is 13.1 Å². The van der Waals surface area contributed by atoms with Crippen LogP contribution in [0.3, 0.4) is 0 Å². The highest BCUT2D eigenvalue weighted by atomic mass is 79.9. The number of hydrogen-bond donors (Lipinski definition) is 0. The average molecular weight is 467 g/mol. The highest BCUT2D eigenvalue weighted by Gasteiger charge is 2.13. The van der Waals surface area contributed by atoms with Crippen molar-refractivity contribution in [3.63, 3.8) is 0 Å². The van der Waals surface area contributed by atoms with E-state index in [2.05, 4.69) is 15.9 Å². The zero-order chi connectivity index (χ0) is 21.1. The molecule has 30 heavy (non-hydrogen) atoms. The summed E-state index contributed by atoms with van der Waals surface area (Å²) in [6.45, 7) is 0. The van der Waals surface area contributed by atoms with E-state index < -0.39 is 5.97 Å². The summed E-state index contributed by atoms with van der Waals surface area (Å²) in [5.41, 5.74) is 0.351. The normalized spacial score (nSPS) is 10.6. The van der Waals surface area contributed by atoms with Gasteiger partial charge >= 0.3 is 5.97 Å². The zero-order valence-electron chi connectivity index (χ0n) is 15.8. The van der Waals surface area contributed by atoms with Gasteiger partial charge in [0, 0.05) is 10.5 Å². The predicted molar refractivity (Wildman–Crippen MR) is 115 cm³/mol. The fraction of sp³-hybridized carbons (Fsp3) is 0.0435. The molecule has 0 saturated heterocycles. The standard InChI is InChI=1S/C23H15BrO6/c1-27-16-6-8-17(9-7-16)29-21-13-28-20-12-18(10-11-19(20)22(21)25)30-23(26)14-2-4-15(24)5-3-14/h2-13H,1H3. The van der Waals surface area contributed by atoms with E-state index in [0.717, 1.165) is 4.47 Å². The molecule has 3 aromatic carbocycles. The molecule has 4 aromatic rings. The van der Waals surface area contributed by atoms with Crippen LogP contribution in [0.5, 0.6) is 23.0 Å². The van der Waals surface area contributed by atoms with Gasteiger partial charge < -0.3 is 18.6 Å². The van der Waals surface area contributed by atoms with Crippen molar-refractivity contribution >= 4 is 32.9 Å². The Kier molecular flexibility index (Phi) is 5.54. The van der Waals surface area contributed by atoms with E-state index in [0.29, 0.717) is 22.4 Å². The highest BCUT2D eigenvalue weighted by Crippen LogP contribution is 2.25. The number of fused-ring (bicyclic) bond motifs is 1. The third-order valence-electron chi connectivity index (χ3n) is 4.29. The number of methoxy groups -OCH3 is 1. The molecule has 0 spiro atoms. The topological polar surface area (TPSA) is 75.0 Å². The second kappa shape index (κ2) is 8.42. The lowest BCUT2D eigenvalue weighted by atomic mass is 10.2. The second-order valence-corrected chi connectivity index (χ2v) is 7.18. The van der Waals surface area contributed by atoms with Crippen molar-refractivity contribution < 1.29 is 23.4 Å². The number of carbonyl (C=O) groups excluding carboxylic acids is 1. The Labute approximate surface area is 179 Å². The molecule has 0 radical (unpaired) electrons. The lowest BCUT2D eigenvalue weighted by Crippen LogP contribution is -2.09. The molecule has 0 aliphatic carbocycles. The molecule has 6 nitrogen and oxygen atoms in total. The van der Waals surface area contributed by atoms with E-state index in [-0.39, 0.29) is 22.5 Å². The molecular formula is C23H15BrO6. The van der Waals surface area contributed by atoms with Gasteiger partial charge in [0.05, 0.1) is 18.1 Å². The van der Waals surface area contributed by atoms with E-state index in [4.69, 9.17) is 18.6 Å². The Balaban J connectivity index is 1.56. The first kappa shape index (κ1) is 19.7. The lowest BCUT2D eigenvalue weighted by molar-refractivity contribution is 0.0735. The first-order valence-corrected chi connectivity index (χ1v) is 9.68. The van der Waals surface area contributed by atoms with Gasteiger partial charge in [-0.1, -0.05) is 15.9 Å². The van der Waals surface area contributed by atoms with Gasteiger partial charge in [-0.3, -0.25) is 4.79 Å². The minimum atomic E-state index is -0.511. The van der Waals surface area contributed by atoms with Crippen LogP contribution in [0.25, 0.3) is 11.0 Å². The monoisotopic (exact) mass is 466 g/mol. The number of halogens is 1. The second-order valence-electron chi connectivity index (χ2n) is 6.26. The molecule has 7 heteroatoms. The molecule has 0 N–H and O–H groups in total. The molecular weight excluding hydrogens is 452 g/mol. The fourth-order valence-electron chi connectivity index (χ4n) is 2.75. The minimum Gasteiger partial charge on any atom is -0.497 e. The lowest BCUT2D eigenvalue weighted by Gasteiger charge is -2.08. The molecule has 0 aliphatic rings. The van der Waals surface area contributed by atoms with Crippen molar-refractivity contribution in [1.82, 2.24) is 0 Å². The third kappa shape index (κ3) is 4.21. The van der Waals surface area contributed by atoms with Gasteiger partial charge in [-0.05, 0) is 60.7 Å². The largest absolute Gasteiger partial charge is 0.497 e. The van der Waals surface area contributed by atoms with Crippen molar-refractivity contribution in [2.24, 2.45) is 0 Å². The van der Waals surface area contributed by atoms with Crippen LogP contribution in [0.15, 0.2) is 86.7 Å². The maximum Gasteiger partial charge on any atom is 0.343 e. The molecule has 0 saturated carbocycles. The predicted octanol–water partition coefficient (Wildman–Crippen LogP) is 5.58. The summed E-state index contributed by atoms with van der Waals surface area (Å²) >= 11 is 3.32. The molecule has 0 unspecified atom stereocenters. The molecule has 0 fully saturated rings. The van der Waals surface area contributed by atoms with Gasteiger partial charge in [0.15, 0.2) is 0 Å². The molecule has 0 aliphatic heterocycles. The molecule has 150 valence electrons. The van der Waals surface area contributed by atoms with Gasteiger partial charge in [-0.2, -0.15) is 0 Å². The Morgan fingerprint density at radius 1 is 0.900 bits per heavy atom. The third-order valence-corrected chi connectivity index (χ3v) is 4.82. The first-order chi connectivity index (χ1) is 14.5. The SMILES string of the molecule is COc1ccc(Oc2coc3cc(OC(=O)c4ccc(Br)cc4)ccc3c2=O)cc1. The molecule has 1 heterocycles. The van der Waals surface area contributed by atoms with Crippen molar-refractivity contribution in [2.75, 3.05) is 7.11 Å². The van der Waals surface area contributed by atoms with Crippen LogP contribution in [0.4, 0.5) is 0 Å². The van der Waals surface area contributed by atoms with Crippen LogP contribution in [0.2, 0.25) is 0 Å². The molecule has 4 rings (SSSR count). The van der Waals surface area contributed by atoms with E-state index in [1.165, 1.54) is 24.5 Å². The first-order valence-electron chi connectivity index (χ1n) is 8.89. The Morgan fingerprint density at radius 3 is 2.27 bits per heavy atom. The Bertz CT molecular complexity index is 1260. The summed E-state index contributed by atoms with van der Waals surface area (Å²) in [6, 6.07) is 18.2. The Hall–Kier alpha value is -3.58. The Morgan fingerprint density at radius 2 is 1.57 bits per heavy atom. The summed E-state index contributed by atoms with van der Waals surface area (Å²) in [7, 11) is 1.57. The number of carbonyl (C=O) groups is 1. The van der Waals surface area contributed by atoms with Gasteiger partial charge in [-0.15, -0.1) is 0 Å².